The van der Waals surface area contributed by atoms with Crippen molar-refractivity contribution in [3.05, 3.63) is 24.4 Å². The first-order chi connectivity index (χ1) is 12.1. The number of aromatic nitrogens is 1. The molecule has 0 aromatic carbocycles. The fourth-order valence-corrected chi connectivity index (χ4v) is 5.06. The van der Waals surface area contributed by atoms with E-state index >= 15 is 0 Å². The van der Waals surface area contributed by atoms with Crippen molar-refractivity contribution in [1.29, 1.82) is 0 Å². The molecule has 138 valence electrons. The Balaban J connectivity index is 1.54. The highest BCUT2D eigenvalue weighted by molar-refractivity contribution is 7.99. The molecular weight excluding hydrogens is 332 g/mol. The van der Waals surface area contributed by atoms with Crippen LogP contribution in [0.2, 0.25) is 0 Å². The normalized spacial score (nSPS) is 24.9. The van der Waals surface area contributed by atoms with E-state index in [2.05, 4.69) is 68.0 Å². The van der Waals surface area contributed by atoms with Crippen molar-refractivity contribution in [1.82, 2.24) is 20.1 Å². The van der Waals surface area contributed by atoms with E-state index in [4.69, 9.17) is 0 Å². The molecule has 0 bridgehead atoms. The van der Waals surface area contributed by atoms with Gasteiger partial charge in [-0.25, -0.2) is 4.98 Å². The average molecular weight is 363 g/mol. The summed E-state index contributed by atoms with van der Waals surface area (Å²) >= 11 is 2.05. The summed E-state index contributed by atoms with van der Waals surface area (Å²) in [6.45, 7) is 4.86. The first-order valence-corrected chi connectivity index (χ1v) is 10.2. The van der Waals surface area contributed by atoms with Gasteiger partial charge in [-0.2, -0.15) is 11.8 Å². The molecule has 0 radical (unpaired) electrons. The van der Waals surface area contributed by atoms with Crippen LogP contribution in [0.1, 0.15) is 6.42 Å². The van der Waals surface area contributed by atoms with Crippen LogP contribution in [0.4, 0.5) is 5.82 Å². The molecule has 1 aromatic rings. The predicted octanol–water partition coefficient (Wildman–Crippen LogP) is 1.22. The summed E-state index contributed by atoms with van der Waals surface area (Å²) in [5.74, 6) is 4.54. The highest BCUT2D eigenvalue weighted by Gasteiger charge is 2.37. The lowest BCUT2D eigenvalue weighted by Gasteiger charge is -2.40. The van der Waals surface area contributed by atoms with E-state index in [0.717, 1.165) is 44.5 Å². The van der Waals surface area contributed by atoms with Crippen LogP contribution in [0.15, 0.2) is 29.4 Å². The Morgan fingerprint density at radius 1 is 1.32 bits per heavy atom. The summed E-state index contributed by atoms with van der Waals surface area (Å²) in [4.78, 5) is 16.1. The maximum absolute atomic E-state index is 4.53. The number of aliphatic imine (C=N–C) groups is 1. The zero-order chi connectivity index (χ0) is 17.7. The average Bonchev–Trinajstić information content (AvgIpc) is 3.14. The smallest absolute Gasteiger partial charge is 0.193 e. The SMILES string of the molecule is CN=C(NCC1(N(C)C)CCSC1)N1CCN(c2ccccn2)CC1. The van der Waals surface area contributed by atoms with Crippen LogP contribution >= 0.6 is 11.8 Å². The monoisotopic (exact) mass is 362 g/mol. The fourth-order valence-electron chi connectivity index (χ4n) is 3.51. The fraction of sp³-hybridized carbons (Fsp3) is 0.667. The van der Waals surface area contributed by atoms with E-state index in [1.807, 2.05) is 19.3 Å². The van der Waals surface area contributed by atoms with Gasteiger partial charge in [0.1, 0.15) is 5.82 Å². The zero-order valence-electron chi connectivity index (χ0n) is 15.6. The second-order valence-electron chi connectivity index (χ2n) is 6.98. The van der Waals surface area contributed by atoms with Gasteiger partial charge < -0.3 is 20.0 Å². The van der Waals surface area contributed by atoms with Gasteiger partial charge in [0.05, 0.1) is 0 Å². The third kappa shape index (κ3) is 4.20. The van der Waals surface area contributed by atoms with Gasteiger partial charge >= 0.3 is 0 Å². The zero-order valence-corrected chi connectivity index (χ0v) is 16.4. The molecule has 3 heterocycles. The minimum atomic E-state index is 0.246. The molecule has 1 N–H and O–H groups in total. The largest absolute Gasteiger partial charge is 0.354 e. The second-order valence-corrected chi connectivity index (χ2v) is 8.09. The topological polar surface area (TPSA) is 47.0 Å². The van der Waals surface area contributed by atoms with Crippen LogP contribution in [-0.2, 0) is 0 Å². The molecule has 25 heavy (non-hydrogen) atoms. The standard InChI is InChI=1S/C18H30N6S/c1-19-17(21-14-18(22(2)3)7-13-25-15-18)24-11-9-23(10-12-24)16-6-4-5-8-20-16/h4-6,8H,7,9-15H2,1-3H3,(H,19,21). The van der Waals surface area contributed by atoms with Crippen molar-refractivity contribution in [3.63, 3.8) is 0 Å². The molecule has 2 saturated heterocycles. The summed E-state index contributed by atoms with van der Waals surface area (Å²) in [7, 11) is 6.28. The molecule has 0 aliphatic carbocycles. The molecule has 7 heteroatoms. The summed E-state index contributed by atoms with van der Waals surface area (Å²) in [6.07, 6.45) is 3.10. The Morgan fingerprint density at radius 2 is 2.12 bits per heavy atom. The van der Waals surface area contributed by atoms with Gasteiger partial charge in [-0.15, -0.1) is 0 Å². The molecule has 2 aliphatic rings. The Hall–Kier alpha value is -1.47. The highest BCUT2D eigenvalue weighted by Crippen LogP contribution is 2.31. The van der Waals surface area contributed by atoms with E-state index in [1.165, 1.54) is 17.9 Å². The third-order valence-electron chi connectivity index (χ3n) is 5.37. The number of thioether (sulfide) groups is 1. The van der Waals surface area contributed by atoms with Crippen LogP contribution < -0.4 is 10.2 Å². The number of hydrogen-bond donors (Lipinski definition) is 1. The molecule has 1 unspecified atom stereocenters. The summed E-state index contributed by atoms with van der Waals surface area (Å²) in [5, 5.41) is 3.64. The summed E-state index contributed by atoms with van der Waals surface area (Å²) in [5.41, 5.74) is 0.246. The number of likely N-dealkylation sites (N-methyl/N-ethyl adjacent to an activating group) is 1. The van der Waals surface area contributed by atoms with Crippen molar-refractivity contribution in [3.8, 4) is 0 Å². The number of anilines is 1. The van der Waals surface area contributed by atoms with Gasteiger partial charge in [-0.05, 0) is 38.4 Å². The van der Waals surface area contributed by atoms with Crippen LogP contribution in [0.3, 0.4) is 0 Å². The minimum Gasteiger partial charge on any atom is -0.354 e. The Labute approximate surface area is 155 Å². The first kappa shape index (κ1) is 18.3. The van der Waals surface area contributed by atoms with E-state index < -0.39 is 0 Å². The molecule has 2 aliphatic heterocycles. The Kier molecular flexibility index (Phi) is 6.06. The maximum Gasteiger partial charge on any atom is 0.193 e. The van der Waals surface area contributed by atoms with Crippen molar-refractivity contribution in [2.24, 2.45) is 4.99 Å². The quantitative estimate of drug-likeness (QED) is 0.642. The van der Waals surface area contributed by atoms with Crippen molar-refractivity contribution in [2.75, 3.05) is 70.3 Å². The lowest BCUT2D eigenvalue weighted by atomic mass is 9.97. The van der Waals surface area contributed by atoms with Crippen LogP contribution in [0.25, 0.3) is 0 Å². The van der Waals surface area contributed by atoms with E-state index in [-0.39, 0.29) is 5.54 Å². The van der Waals surface area contributed by atoms with E-state index in [1.54, 1.807) is 0 Å². The molecule has 2 fully saturated rings. The number of pyridine rings is 1. The predicted molar refractivity (Wildman–Crippen MR) is 108 cm³/mol. The number of nitrogens with one attached hydrogen (secondary N) is 1. The molecule has 1 aromatic heterocycles. The number of nitrogens with zero attached hydrogens (tertiary/aromatic N) is 5. The number of guanidine groups is 1. The van der Waals surface area contributed by atoms with Gasteiger partial charge in [0, 0.05) is 57.3 Å². The van der Waals surface area contributed by atoms with Crippen molar-refractivity contribution in [2.45, 2.75) is 12.0 Å². The van der Waals surface area contributed by atoms with Crippen LogP contribution in [0, 0.1) is 0 Å². The summed E-state index contributed by atoms with van der Waals surface area (Å²) in [6, 6.07) is 6.10. The molecule has 0 saturated carbocycles. The molecule has 1 atom stereocenters. The first-order valence-electron chi connectivity index (χ1n) is 9.01. The van der Waals surface area contributed by atoms with Gasteiger partial charge in [-0.1, -0.05) is 6.07 Å². The van der Waals surface area contributed by atoms with E-state index in [0.29, 0.717) is 0 Å². The lowest BCUT2D eigenvalue weighted by Crippen LogP contribution is -2.58. The van der Waals surface area contributed by atoms with Gasteiger partial charge in [0.25, 0.3) is 0 Å². The highest BCUT2D eigenvalue weighted by atomic mass is 32.2. The number of piperazine rings is 1. The Morgan fingerprint density at radius 3 is 2.68 bits per heavy atom. The van der Waals surface area contributed by atoms with Crippen LogP contribution in [0.5, 0.6) is 0 Å². The van der Waals surface area contributed by atoms with E-state index in [9.17, 15) is 0 Å². The lowest BCUT2D eigenvalue weighted by molar-refractivity contribution is 0.181. The van der Waals surface area contributed by atoms with Crippen molar-refractivity contribution < 1.29 is 0 Å². The number of rotatable bonds is 4. The van der Waals surface area contributed by atoms with Gasteiger partial charge in [0.15, 0.2) is 5.96 Å². The maximum atomic E-state index is 4.53. The molecule has 0 amide bonds. The second kappa shape index (κ2) is 8.27. The van der Waals surface area contributed by atoms with Gasteiger partial charge in [0.2, 0.25) is 0 Å². The molecule has 0 spiro atoms. The van der Waals surface area contributed by atoms with Crippen molar-refractivity contribution >= 4 is 23.5 Å². The van der Waals surface area contributed by atoms with Crippen LogP contribution in [-0.4, -0.2) is 91.7 Å². The van der Waals surface area contributed by atoms with Gasteiger partial charge in [-0.3, -0.25) is 4.99 Å². The minimum absolute atomic E-state index is 0.246. The molecule has 3 rings (SSSR count). The Bertz CT molecular complexity index is 562. The third-order valence-corrected chi connectivity index (χ3v) is 6.61. The summed E-state index contributed by atoms with van der Waals surface area (Å²) < 4.78 is 0. The molecule has 6 nitrogen and oxygen atoms in total. The number of hydrogen-bond acceptors (Lipinski definition) is 5. The molecular formula is C18H30N6S.